The molecule has 0 heterocycles. The molecular formula is C17H20FNO. The first-order chi connectivity index (χ1) is 9.52. The van der Waals surface area contributed by atoms with Crippen molar-refractivity contribution in [3.05, 3.63) is 64.0 Å². The summed E-state index contributed by atoms with van der Waals surface area (Å²) in [6.45, 7) is 6.76. The van der Waals surface area contributed by atoms with Crippen LogP contribution in [0, 0.1) is 26.6 Å². The number of ether oxygens (including phenoxy) is 1. The van der Waals surface area contributed by atoms with Gasteiger partial charge < -0.3 is 10.5 Å². The summed E-state index contributed by atoms with van der Waals surface area (Å²) in [4.78, 5) is 0. The fourth-order valence-electron chi connectivity index (χ4n) is 2.46. The van der Waals surface area contributed by atoms with Crippen LogP contribution in [0.15, 0.2) is 30.3 Å². The largest absolute Gasteiger partial charge is 0.488 e. The van der Waals surface area contributed by atoms with Crippen LogP contribution >= 0.6 is 0 Å². The minimum absolute atomic E-state index is 0.133. The summed E-state index contributed by atoms with van der Waals surface area (Å²) < 4.78 is 19.4. The molecule has 2 nitrogen and oxygen atoms in total. The Labute approximate surface area is 119 Å². The summed E-state index contributed by atoms with van der Waals surface area (Å²) in [5.41, 5.74) is 10.8. The first-order valence-electron chi connectivity index (χ1n) is 6.70. The highest BCUT2D eigenvalue weighted by Gasteiger charge is 2.10. The van der Waals surface area contributed by atoms with Crippen molar-refractivity contribution in [2.75, 3.05) is 0 Å². The monoisotopic (exact) mass is 273 g/mol. The van der Waals surface area contributed by atoms with Crippen LogP contribution < -0.4 is 10.5 Å². The first-order valence-corrected chi connectivity index (χ1v) is 6.70. The highest BCUT2D eigenvalue weighted by Crippen LogP contribution is 2.24. The topological polar surface area (TPSA) is 35.2 Å². The second-order valence-electron chi connectivity index (χ2n) is 5.09. The molecule has 0 atom stereocenters. The fraction of sp³-hybridized carbons (Fsp3) is 0.294. The Morgan fingerprint density at radius 3 is 2.30 bits per heavy atom. The minimum atomic E-state index is -0.317. The molecule has 0 saturated carbocycles. The Morgan fingerprint density at radius 1 is 1.05 bits per heavy atom. The van der Waals surface area contributed by atoms with Gasteiger partial charge >= 0.3 is 0 Å². The lowest BCUT2D eigenvalue weighted by Crippen LogP contribution is -2.06. The van der Waals surface area contributed by atoms with E-state index in [1.54, 1.807) is 12.1 Å². The van der Waals surface area contributed by atoms with E-state index in [1.807, 2.05) is 0 Å². The normalized spacial score (nSPS) is 10.7. The number of hydrogen-bond acceptors (Lipinski definition) is 2. The highest BCUT2D eigenvalue weighted by molar-refractivity contribution is 5.39. The first kappa shape index (κ1) is 14.5. The molecule has 0 spiro atoms. The number of benzene rings is 2. The van der Waals surface area contributed by atoms with Gasteiger partial charge in [-0.2, -0.15) is 0 Å². The van der Waals surface area contributed by atoms with Gasteiger partial charge in [0.2, 0.25) is 0 Å². The number of hydrogen-bond donors (Lipinski definition) is 1. The maximum Gasteiger partial charge on any atom is 0.131 e. The quantitative estimate of drug-likeness (QED) is 0.920. The summed E-state index contributed by atoms with van der Waals surface area (Å²) in [6, 6.07) is 9.04. The van der Waals surface area contributed by atoms with Crippen molar-refractivity contribution in [3.8, 4) is 5.75 Å². The Bertz CT molecular complexity index is 599. The molecule has 0 fully saturated rings. The molecule has 0 unspecified atom stereocenters. The molecule has 0 amide bonds. The molecule has 3 heteroatoms. The third-order valence-corrected chi connectivity index (χ3v) is 3.49. The van der Waals surface area contributed by atoms with Gasteiger partial charge in [-0.05, 0) is 49.6 Å². The summed E-state index contributed by atoms with van der Waals surface area (Å²) in [5, 5.41) is 0. The molecule has 0 radical (unpaired) electrons. The van der Waals surface area contributed by atoms with E-state index < -0.39 is 0 Å². The summed E-state index contributed by atoms with van der Waals surface area (Å²) in [5.74, 6) is 0.203. The third-order valence-electron chi connectivity index (χ3n) is 3.49. The van der Waals surface area contributed by atoms with Gasteiger partial charge in [-0.15, -0.1) is 0 Å². The SMILES string of the molecule is Cc1cc(C)c(COc2cccc(F)c2CN)c(C)c1. The molecule has 2 N–H and O–H groups in total. The molecule has 2 aromatic rings. The molecule has 2 rings (SSSR count). The van der Waals surface area contributed by atoms with Gasteiger partial charge in [0, 0.05) is 12.1 Å². The molecule has 2 aromatic carbocycles. The van der Waals surface area contributed by atoms with E-state index in [9.17, 15) is 4.39 Å². The van der Waals surface area contributed by atoms with Gasteiger partial charge in [-0.3, -0.25) is 0 Å². The van der Waals surface area contributed by atoms with Crippen LogP contribution in [-0.4, -0.2) is 0 Å². The third kappa shape index (κ3) is 2.99. The van der Waals surface area contributed by atoms with Crippen LogP contribution in [0.4, 0.5) is 4.39 Å². The molecule has 0 aliphatic rings. The van der Waals surface area contributed by atoms with E-state index in [0.717, 1.165) is 5.56 Å². The standard InChI is InChI=1S/C17H20FNO/c1-11-7-12(2)15(13(3)8-11)10-20-17-6-4-5-16(18)14(17)9-19/h4-8H,9-10,19H2,1-3H3. The Balaban J connectivity index is 2.24. The summed E-state index contributed by atoms with van der Waals surface area (Å²) in [6.07, 6.45) is 0. The van der Waals surface area contributed by atoms with Crippen LogP contribution in [0.2, 0.25) is 0 Å². The van der Waals surface area contributed by atoms with Crippen LogP contribution in [-0.2, 0) is 13.2 Å². The van der Waals surface area contributed by atoms with Crippen molar-refractivity contribution in [2.24, 2.45) is 5.73 Å². The van der Waals surface area contributed by atoms with Crippen LogP contribution in [0.5, 0.6) is 5.75 Å². The lowest BCUT2D eigenvalue weighted by Gasteiger charge is -2.15. The second-order valence-corrected chi connectivity index (χ2v) is 5.09. The van der Waals surface area contributed by atoms with Gasteiger partial charge in [-0.1, -0.05) is 23.8 Å². The van der Waals surface area contributed by atoms with Gasteiger partial charge in [-0.25, -0.2) is 4.39 Å². The Hall–Kier alpha value is -1.87. The maximum atomic E-state index is 13.6. The number of rotatable bonds is 4. The van der Waals surface area contributed by atoms with E-state index in [-0.39, 0.29) is 12.4 Å². The van der Waals surface area contributed by atoms with Crippen molar-refractivity contribution in [1.82, 2.24) is 0 Å². The van der Waals surface area contributed by atoms with Crippen molar-refractivity contribution < 1.29 is 9.13 Å². The van der Waals surface area contributed by atoms with Crippen molar-refractivity contribution in [2.45, 2.75) is 33.9 Å². The average molecular weight is 273 g/mol. The number of aryl methyl sites for hydroxylation is 3. The second kappa shape index (κ2) is 6.06. The van der Waals surface area contributed by atoms with E-state index >= 15 is 0 Å². The highest BCUT2D eigenvalue weighted by atomic mass is 19.1. The fourth-order valence-corrected chi connectivity index (χ4v) is 2.46. The van der Waals surface area contributed by atoms with E-state index in [4.69, 9.17) is 10.5 Å². The molecule has 0 aliphatic carbocycles. The molecule has 0 aromatic heterocycles. The lowest BCUT2D eigenvalue weighted by molar-refractivity contribution is 0.299. The number of nitrogens with two attached hydrogens (primary N) is 1. The predicted molar refractivity (Wildman–Crippen MR) is 79.3 cm³/mol. The molecule has 0 aliphatic heterocycles. The maximum absolute atomic E-state index is 13.6. The Morgan fingerprint density at radius 2 is 1.70 bits per heavy atom. The molecule has 0 bridgehead atoms. The minimum Gasteiger partial charge on any atom is -0.488 e. The number of halogens is 1. The molecule has 106 valence electrons. The van der Waals surface area contributed by atoms with Crippen molar-refractivity contribution >= 4 is 0 Å². The van der Waals surface area contributed by atoms with Gasteiger partial charge in [0.05, 0.1) is 0 Å². The van der Waals surface area contributed by atoms with Gasteiger partial charge in [0.25, 0.3) is 0 Å². The summed E-state index contributed by atoms with van der Waals surface area (Å²) in [7, 11) is 0. The zero-order valence-electron chi connectivity index (χ0n) is 12.2. The summed E-state index contributed by atoms with van der Waals surface area (Å²) >= 11 is 0. The van der Waals surface area contributed by atoms with Gasteiger partial charge in [0.1, 0.15) is 18.2 Å². The molecule has 0 saturated heterocycles. The van der Waals surface area contributed by atoms with E-state index in [1.165, 1.54) is 22.8 Å². The van der Waals surface area contributed by atoms with Crippen molar-refractivity contribution in [1.29, 1.82) is 0 Å². The zero-order chi connectivity index (χ0) is 14.7. The Kier molecular flexibility index (Phi) is 4.40. The predicted octanol–water partition coefficient (Wildman–Crippen LogP) is 3.79. The molecular weight excluding hydrogens is 253 g/mol. The smallest absolute Gasteiger partial charge is 0.131 e. The lowest BCUT2D eigenvalue weighted by atomic mass is 10.0. The van der Waals surface area contributed by atoms with E-state index in [2.05, 4.69) is 32.9 Å². The van der Waals surface area contributed by atoms with Crippen LogP contribution in [0.3, 0.4) is 0 Å². The molecule has 20 heavy (non-hydrogen) atoms. The van der Waals surface area contributed by atoms with Gasteiger partial charge in [0.15, 0.2) is 0 Å². The van der Waals surface area contributed by atoms with Crippen molar-refractivity contribution in [3.63, 3.8) is 0 Å². The average Bonchev–Trinajstić information content (AvgIpc) is 2.37. The zero-order valence-corrected chi connectivity index (χ0v) is 12.2. The van der Waals surface area contributed by atoms with Crippen LogP contribution in [0.1, 0.15) is 27.8 Å². The van der Waals surface area contributed by atoms with E-state index in [0.29, 0.717) is 17.9 Å². The van der Waals surface area contributed by atoms with Crippen LogP contribution in [0.25, 0.3) is 0 Å².